The van der Waals surface area contributed by atoms with Crippen LogP contribution in [0.15, 0.2) is 64.5 Å². The van der Waals surface area contributed by atoms with Gasteiger partial charge in [0, 0.05) is 29.1 Å². The van der Waals surface area contributed by atoms with Gasteiger partial charge >= 0.3 is 12.1 Å². The van der Waals surface area contributed by atoms with E-state index < -0.39 is 17.7 Å². The fraction of sp³-hybridized carbons (Fsp3) is 0.308. The highest BCUT2D eigenvalue weighted by molar-refractivity contribution is 7.99. The van der Waals surface area contributed by atoms with Crippen LogP contribution in [0.2, 0.25) is 0 Å². The summed E-state index contributed by atoms with van der Waals surface area (Å²) >= 11 is 1.02. The van der Waals surface area contributed by atoms with E-state index in [9.17, 15) is 23.1 Å². The molecule has 1 N–H and O–H groups in total. The number of anilines is 1. The number of aromatic nitrogens is 1. The molecule has 188 valence electrons. The van der Waals surface area contributed by atoms with Gasteiger partial charge in [-0.3, -0.25) is 4.79 Å². The number of carboxylic acids is 1. The smallest absolute Gasteiger partial charge is 0.417 e. The lowest BCUT2D eigenvalue weighted by Gasteiger charge is -2.31. The van der Waals surface area contributed by atoms with Crippen LogP contribution in [0.5, 0.6) is 11.5 Å². The molecule has 36 heavy (non-hydrogen) atoms. The van der Waals surface area contributed by atoms with Crippen LogP contribution in [0, 0.1) is 5.92 Å². The van der Waals surface area contributed by atoms with E-state index in [-0.39, 0.29) is 10.8 Å². The summed E-state index contributed by atoms with van der Waals surface area (Å²) < 4.78 is 53.2. The molecule has 3 aromatic rings. The van der Waals surface area contributed by atoms with Gasteiger partial charge in [-0.15, -0.1) is 0 Å². The Balaban J connectivity index is 1.41. The van der Waals surface area contributed by atoms with Gasteiger partial charge in [-0.25, -0.2) is 4.98 Å². The van der Waals surface area contributed by atoms with E-state index in [0.29, 0.717) is 72.5 Å². The molecule has 0 aliphatic carbocycles. The summed E-state index contributed by atoms with van der Waals surface area (Å²) in [5.74, 6) is 0.550. The van der Waals surface area contributed by atoms with Crippen molar-refractivity contribution in [1.82, 2.24) is 4.98 Å². The number of hydrogen-bond acceptors (Lipinski definition) is 6. The molecule has 0 amide bonds. The third-order valence-electron chi connectivity index (χ3n) is 6.27. The number of ether oxygens (including phenoxy) is 2. The lowest BCUT2D eigenvalue weighted by molar-refractivity contribution is -0.142. The second kappa shape index (κ2) is 9.93. The van der Waals surface area contributed by atoms with Crippen molar-refractivity contribution >= 4 is 23.5 Å². The monoisotopic (exact) mass is 516 g/mol. The third kappa shape index (κ3) is 5.23. The van der Waals surface area contributed by atoms with E-state index in [1.54, 1.807) is 42.6 Å². The van der Waals surface area contributed by atoms with Crippen molar-refractivity contribution in [2.75, 3.05) is 31.2 Å². The van der Waals surface area contributed by atoms with Crippen molar-refractivity contribution in [2.45, 2.75) is 28.8 Å². The number of carbonyl (C=O) groups is 1. The number of piperidine rings is 1. The Bertz CT molecular complexity index is 1280. The first-order valence-electron chi connectivity index (χ1n) is 11.5. The lowest BCUT2D eigenvalue weighted by atomic mass is 9.97. The maximum atomic E-state index is 14.1. The minimum absolute atomic E-state index is 0.0907. The number of pyridine rings is 1. The van der Waals surface area contributed by atoms with Gasteiger partial charge in [0.15, 0.2) is 11.5 Å². The van der Waals surface area contributed by atoms with Gasteiger partial charge in [0.25, 0.3) is 0 Å². The number of fused-ring (bicyclic) bond motifs is 1. The van der Waals surface area contributed by atoms with Crippen molar-refractivity contribution in [2.24, 2.45) is 5.92 Å². The molecule has 0 unspecified atom stereocenters. The second-order valence-corrected chi connectivity index (χ2v) is 9.73. The zero-order valence-corrected chi connectivity index (χ0v) is 19.9. The van der Waals surface area contributed by atoms with E-state index >= 15 is 0 Å². The number of carboxylic acid groups (broad SMARTS) is 1. The first-order valence-corrected chi connectivity index (χ1v) is 12.3. The normalized spacial score (nSPS) is 16.1. The Labute approximate surface area is 210 Å². The number of benzene rings is 2. The summed E-state index contributed by atoms with van der Waals surface area (Å²) in [5, 5.41) is 9.21. The summed E-state index contributed by atoms with van der Waals surface area (Å²) in [4.78, 5) is 18.3. The van der Waals surface area contributed by atoms with Gasteiger partial charge in [-0.1, -0.05) is 17.8 Å². The highest BCUT2D eigenvalue weighted by Gasteiger charge is 2.34. The summed E-state index contributed by atoms with van der Waals surface area (Å²) in [7, 11) is 0. The molecule has 2 aromatic carbocycles. The highest BCUT2D eigenvalue weighted by Crippen LogP contribution is 2.43. The van der Waals surface area contributed by atoms with Gasteiger partial charge in [0.2, 0.25) is 0 Å². The predicted octanol–water partition coefficient (Wildman–Crippen LogP) is 5.99. The molecule has 0 radical (unpaired) electrons. The standard InChI is InChI=1S/C26H23F3N2O4S/c27-26(28,29)20-13-17(1-4-23(20)36-19-2-3-21-22(15-19)35-12-11-34-21)18-5-8-30-24(14-18)31-9-6-16(7-10-31)25(32)33/h1-5,8,13-16H,6-7,9-12H2,(H,32,33). The van der Waals surface area contributed by atoms with Crippen LogP contribution in [0.25, 0.3) is 11.1 Å². The second-order valence-electron chi connectivity index (χ2n) is 8.62. The minimum atomic E-state index is -4.54. The fourth-order valence-electron chi connectivity index (χ4n) is 4.36. The summed E-state index contributed by atoms with van der Waals surface area (Å²) in [6.45, 7) is 1.91. The third-order valence-corrected chi connectivity index (χ3v) is 7.34. The van der Waals surface area contributed by atoms with Crippen LogP contribution in [0.1, 0.15) is 18.4 Å². The van der Waals surface area contributed by atoms with Crippen LogP contribution < -0.4 is 14.4 Å². The SMILES string of the molecule is O=C(O)C1CCN(c2cc(-c3ccc(Sc4ccc5c(c4)OCCO5)c(C(F)(F)F)c3)ccn2)CC1. The molecule has 6 nitrogen and oxygen atoms in total. The molecule has 5 rings (SSSR count). The Hall–Kier alpha value is -3.40. The summed E-state index contributed by atoms with van der Waals surface area (Å²) in [5.41, 5.74) is 0.320. The molecule has 1 fully saturated rings. The topological polar surface area (TPSA) is 71.9 Å². The van der Waals surface area contributed by atoms with Gasteiger partial charge in [-0.2, -0.15) is 13.2 Å². The number of alkyl halides is 3. The van der Waals surface area contributed by atoms with Gasteiger partial charge in [0.05, 0.1) is 11.5 Å². The maximum absolute atomic E-state index is 14.1. The Morgan fingerprint density at radius 2 is 1.69 bits per heavy atom. The molecular formula is C26H23F3N2O4S. The number of rotatable bonds is 5. The average molecular weight is 517 g/mol. The highest BCUT2D eigenvalue weighted by atomic mass is 32.2. The van der Waals surface area contributed by atoms with Crippen molar-refractivity contribution in [3.05, 3.63) is 60.3 Å². The largest absolute Gasteiger partial charge is 0.486 e. The lowest BCUT2D eigenvalue weighted by Crippen LogP contribution is -2.36. The average Bonchev–Trinajstić information content (AvgIpc) is 2.88. The summed E-state index contributed by atoms with van der Waals surface area (Å²) in [6.07, 6.45) is -1.96. The van der Waals surface area contributed by atoms with Crippen LogP contribution in [-0.2, 0) is 11.0 Å². The zero-order valence-electron chi connectivity index (χ0n) is 19.1. The van der Waals surface area contributed by atoms with Crippen molar-refractivity contribution in [1.29, 1.82) is 0 Å². The Kier molecular flexibility index (Phi) is 6.70. The number of hydrogen-bond donors (Lipinski definition) is 1. The molecule has 0 atom stereocenters. The van der Waals surface area contributed by atoms with E-state index in [2.05, 4.69) is 4.98 Å². The van der Waals surface area contributed by atoms with Crippen molar-refractivity contribution < 1.29 is 32.5 Å². The predicted molar refractivity (Wildman–Crippen MR) is 129 cm³/mol. The van der Waals surface area contributed by atoms with Crippen LogP contribution in [0.4, 0.5) is 19.0 Å². The molecular weight excluding hydrogens is 493 g/mol. The molecule has 0 saturated carbocycles. The maximum Gasteiger partial charge on any atom is 0.417 e. The van der Waals surface area contributed by atoms with E-state index in [1.807, 2.05) is 4.90 Å². The minimum Gasteiger partial charge on any atom is -0.486 e. The first kappa shape index (κ1) is 24.3. The van der Waals surface area contributed by atoms with Crippen molar-refractivity contribution in [3.63, 3.8) is 0 Å². The molecule has 2 aliphatic rings. The molecule has 10 heteroatoms. The Morgan fingerprint density at radius 1 is 0.972 bits per heavy atom. The van der Waals surface area contributed by atoms with Gasteiger partial charge in [-0.05, 0) is 66.4 Å². The van der Waals surface area contributed by atoms with E-state index in [4.69, 9.17) is 9.47 Å². The van der Waals surface area contributed by atoms with E-state index in [1.165, 1.54) is 6.07 Å². The number of nitrogens with zero attached hydrogens (tertiary/aromatic N) is 2. The van der Waals surface area contributed by atoms with Gasteiger partial charge < -0.3 is 19.5 Å². The van der Waals surface area contributed by atoms with E-state index in [0.717, 1.165) is 17.8 Å². The fourth-order valence-corrected chi connectivity index (χ4v) is 5.34. The Morgan fingerprint density at radius 3 is 2.42 bits per heavy atom. The van der Waals surface area contributed by atoms with Gasteiger partial charge in [0.1, 0.15) is 19.0 Å². The molecule has 1 saturated heterocycles. The molecule has 2 aliphatic heterocycles. The quantitative estimate of drug-likeness (QED) is 0.447. The number of aliphatic carboxylic acids is 1. The molecule has 1 aromatic heterocycles. The zero-order chi connectivity index (χ0) is 25.3. The van der Waals surface area contributed by atoms with Crippen LogP contribution in [0.3, 0.4) is 0 Å². The molecule has 0 spiro atoms. The molecule has 0 bridgehead atoms. The van der Waals surface area contributed by atoms with Crippen LogP contribution in [-0.4, -0.2) is 42.4 Å². The van der Waals surface area contributed by atoms with Crippen LogP contribution >= 0.6 is 11.8 Å². The first-order chi connectivity index (χ1) is 17.3. The number of halogens is 3. The van der Waals surface area contributed by atoms with Crippen molar-refractivity contribution in [3.8, 4) is 22.6 Å². The molecule has 3 heterocycles. The summed E-state index contributed by atoms with van der Waals surface area (Å²) in [6, 6.07) is 12.9.